The molecule has 0 saturated carbocycles. The summed E-state index contributed by atoms with van der Waals surface area (Å²) in [5, 5.41) is 7.93. The second kappa shape index (κ2) is 7.34. The van der Waals surface area contributed by atoms with Crippen molar-refractivity contribution in [2.75, 3.05) is 26.7 Å². The van der Waals surface area contributed by atoms with E-state index < -0.39 is 6.04 Å². The predicted octanol–water partition coefficient (Wildman–Crippen LogP) is 1.93. The van der Waals surface area contributed by atoms with Gasteiger partial charge in [-0.2, -0.15) is 5.10 Å². The van der Waals surface area contributed by atoms with Crippen LogP contribution < -0.4 is 5.32 Å². The Balaban J connectivity index is 1.73. The highest BCUT2D eigenvalue weighted by atomic mass is 35.5. The molecule has 3 rings (SSSR count). The molecule has 1 saturated heterocycles. The van der Waals surface area contributed by atoms with Crippen LogP contribution in [0.1, 0.15) is 23.3 Å². The Morgan fingerprint density at radius 1 is 1.42 bits per heavy atom. The van der Waals surface area contributed by atoms with Crippen LogP contribution in [-0.2, 0) is 16.6 Å². The number of carbonyl (C=O) groups excluding carboxylic acids is 1. The predicted molar refractivity (Wildman–Crippen MR) is 91.7 cm³/mol. The molecule has 128 valence electrons. The molecule has 1 N–H and O–H groups in total. The molecule has 7 heteroatoms. The highest BCUT2D eigenvalue weighted by Crippen LogP contribution is 2.25. The van der Waals surface area contributed by atoms with Crippen LogP contribution in [0.4, 0.5) is 0 Å². The summed E-state index contributed by atoms with van der Waals surface area (Å²) in [5.41, 5.74) is 1.89. The number of hydrogen-bond acceptors (Lipinski definition) is 4. The van der Waals surface area contributed by atoms with Gasteiger partial charge in [-0.25, -0.2) is 0 Å². The van der Waals surface area contributed by atoms with Crippen LogP contribution in [0.25, 0.3) is 0 Å². The van der Waals surface area contributed by atoms with Crippen molar-refractivity contribution in [1.29, 1.82) is 0 Å². The van der Waals surface area contributed by atoms with Crippen molar-refractivity contribution in [1.82, 2.24) is 20.0 Å². The highest BCUT2D eigenvalue weighted by molar-refractivity contribution is 6.30. The lowest BCUT2D eigenvalue weighted by Crippen LogP contribution is -2.46. The standard InChI is InChI=1S/C17H21ClN4O2/c1-19-16(13-9-20-21(2)10-13)17(23)22-7-8-24-15(11-22)12-3-5-14(18)6-4-12/h3-6,9-10,15-16,19H,7-8,11H2,1-2H3. The molecule has 24 heavy (non-hydrogen) atoms. The Morgan fingerprint density at radius 3 is 2.79 bits per heavy atom. The summed E-state index contributed by atoms with van der Waals surface area (Å²) in [6.45, 7) is 1.63. The molecule has 1 fully saturated rings. The Hall–Kier alpha value is -1.89. The van der Waals surface area contributed by atoms with E-state index in [0.29, 0.717) is 24.7 Å². The maximum atomic E-state index is 12.9. The summed E-state index contributed by atoms with van der Waals surface area (Å²) in [4.78, 5) is 14.8. The van der Waals surface area contributed by atoms with E-state index >= 15 is 0 Å². The smallest absolute Gasteiger partial charge is 0.244 e. The van der Waals surface area contributed by atoms with E-state index in [-0.39, 0.29) is 12.0 Å². The van der Waals surface area contributed by atoms with E-state index in [1.54, 1.807) is 17.9 Å². The lowest BCUT2D eigenvalue weighted by atomic mass is 10.1. The van der Waals surface area contributed by atoms with Crippen molar-refractivity contribution < 1.29 is 9.53 Å². The first-order valence-corrected chi connectivity index (χ1v) is 8.28. The van der Waals surface area contributed by atoms with Crippen LogP contribution in [0.3, 0.4) is 0 Å². The molecular formula is C17H21ClN4O2. The maximum Gasteiger partial charge on any atom is 0.244 e. The molecule has 0 aliphatic carbocycles. The first-order valence-electron chi connectivity index (χ1n) is 7.90. The zero-order valence-corrected chi connectivity index (χ0v) is 14.5. The number of likely N-dealkylation sites (N-methyl/N-ethyl adjacent to an activating group) is 1. The minimum atomic E-state index is -0.400. The fourth-order valence-corrected chi connectivity index (χ4v) is 3.06. The number of aromatic nitrogens is 2. The number of morpholine rings is 1. The third-order valence-corrected chi connectivity index (χ3v) is 4.47. The molecule has 1 aromatic heterocycles. The number of nitrogens with one attached hydrogen (secondary N) is 1. The monoisotopic (exact) mass is 348 g/mol. The van der Waals surface area contributed by atoms with E-state index in [1.807, 2.05) is 42.4 Å². The number of hydrogen-bond donors (Lipinski definition) is 1. The van der Waals surface area contributed by atoms with Gasteiger partial charge in [0.15, 0.2) is 0 Å². The summed E-state index contributed by atoms with van der Waals surface area (Å²) in [6, 6.07) is 7.16. The Morgan fingerprint density at radius 2 is 2.17 bits per heavy atom. The summed E-state index contributed by atoms with van der Waals surface area (Å²) < 4.78 is 7.53. The molecule has 2 aromatic rings. The molecule has 0 spiro atoms. The van der Waals surface area contributed by atoms with Gasteiger partial charge in [-0.1, -0.05) is 23.7 Å². The van der Waals surface area contributed by atoms with E-state index in [1.165, 1.54) is 0 Å². The van der Waals surface area contributed by atoms with Crippen molar-refractivity contribution in [2.24, 2.45) is 7.05 Å². The number of rotatable bonds is 4. The average Bonchev–Trinajstić information content (AvgIpc) is 3.02. The molecule has 1 aromatic carbocycles. The van der Waals surface area contributed by atoms with Crippen molar-refractivity contribution in [3.05, 3.63) is 52.8 Å². The molecule has 2 heterocycles. The van der Waals surface area contributed by atoms with Gasteiger partial charge in [0.05, 0.1) is 19.3 Å². The first kappa shape index (κ1) is 17.0. The highest BCUT2D eigenvalue weighted by Gasteiger charge is 2.30. The molecule has 1 aliphatic rings. The van der Waals surface area contributed by atoms with Crippen LogP contribution in [0, 0.1) is 0 Å². The minimum Gasteiger partial charge on any atom is -0.370 e. The Kier molecular flexibility index (Phi) is 5.18. The van der Waals surface area contributed by atoms with Crippen molar-refractivity contribution >= 4 is 17.5 Å². The van der Waals surface area contributed by atoms with Crippen LogP contribution in [0.2, 0.25) is 5.02 Å². The van der Waals surface area contributed by atoms with E-state index in [4.69, 9.17) is 16.3 Å². The second-order valence-electron chi connectivity index (χ2n) is 5.86. The first-order chi connectivity index (χ1) is 11.6. The van der Waals surface area contributed by atoms with Crippen molar-refractivity contribution in [2.45, 2.75) is 12.1 Å². The van der Waals surface area contributed by atoms with E-state index in [2.05, 4.69) is 10.4 Å². The number of aryl methyl sites for hydroxylation is 1. The van der Waals surface area contributed by atoms with Gasteiger partial charge >= 0.3 is 0 Å². The average molecular weight is 349 g/mol. The van der Waals surface area contributed by atoms with Crippen LogP contribution in [0.15, 0.2) is 36.7 Å². The zero-order chi connectivity index (χ0) is 17.1. The molecule has 0 bridgehead atoms. The van der Waals surface area contributed by atoms with Crippen molar-refractivity contribution in [3.8, 4) is 0 Å². The second-order valence-corrected chi connectivity index (χ2v) is 6.30. The van der Waals surface area contributed by atoms with Gasteiger partial charge in [-0.05, 0) is 24.7 Å². The van der Waals surface area contributed by atoms with Crippen LogP contribution in [-0.4, -0.2) is 47.3 Å². The SMILES string of the molecule is CNC(C(=O)N1CCOC(c2ccc(Cl)cc2)C1)c1cnn(C)c1. The number of nitrogens with zero attached hydrogens (tertiary/aromatic N) is 3. The number of amides is 1. The fourth-order valence-electron chi connectivity index (χ4n) is 2.93. The summed E-state index contributed by atoms with van der Waals surface area (Å²) >= 11 is 5.94. The molecule has 2 unspecified atom stereocenters. The number of carbonyl (C=O) groups is 1. The lowest BCUT2D eigenvalue weighted by molar-refractivity contribution is -0.141. The molecule has 2 atom stereocenters. The van der Waals surface area contributed by atoms with Gasteiger partial charge in [0.2, 0.25) is 5.91 Å². The molecule has 6 nitrogen and oxygen atoms in total. The largest absolute Gasteiger partial charge is 0.370 e. The van der Waals surface area contributed by atoms with Crippen LogP contribution >= 0.6 is 11.6 Å². The van der Waals surface area contributed by atoms with Crippen molar-refractivity contribution in [3.63, 3.8) is 0 Å². The van der Waals surface area contributed by atoms with Gasteiger partial charge in [-0.3, -0.25) is 9.48 Å². The quantitative estimate of drug-likeness (QED) is 0.917. The minimum absolute atomic E-state index is 0.0350. The zero-order valence-electron chi connectivity index (χ0n) is 13.8. The number of halogens is 1. The van der Waals surface area contributed by atoms with Crippen LogP contribution in [0.5, 0.6) is 0 Å². The molecule has 1 aliphatic heterocycles. The molecule has 1 amide bonds. The fraction of sp³-hybridized carbons (Fsp3) is 0.412. The maximum absolute atomic E-state index is 12.9. The molecule has 0 radical (unpaired) electrons. The summed E-state index contributed by atoms with van der Waals surface area (Å²) in [7, 11) is 3.62. The van der Waals surface area contributed by atoms with E-state index in [9.17, 15) is 4.79 Å². The molecular weight excluding hydrogens is 328 g/mol. The lowest BCUT2D eigenvalue weighted by Gasteiger charge is -2.35. The third kappa shape index (κ3) is 3.61. The van der Waals surface area contributed by atoms with Gasteiger partial charge in [0, 0.05) is 30.4 Å². The summed E-state index contributed by atoms with van der Waals surface area (Å²) in [5.74, 6) is 0.0350. The summed E-state index contributed by atoms with van der Waals surface area (Å²) in [6.07, 6.45) is 3.44. The van der Waals surface area contributed by atoms with Gasteiger partial charge in [0.25, 0.3) is 0 Å². The Bertz CT molecular complexity index is 701. The van der Waals surface area contributed by atoms with Gasteiger partial charge in [0.1, 0.15) is 12.1 Å². The normalized spacial score (nSPS) is 19.3. The number of ether oxygens (including phenoxy) is 1. The topological polar surface area (TPSA) is 59.4 Å². The third-order valence-electron chi connectivity index (χ3n) is 4.21. The van der Waals surface area contributed by atoms with Gasteiger partial charge < -0.3 is 15.0 Å². The number of benzene rings is 1. The van der Waals surface area contributed by atoms with Gasteiger partial charge in [-0.15, -0.1) is 0 Å². The van der Waals surface area contributed by atoms with E-state index in [0.717, 1.165) is 11.1 Å². The Labute approximate surface area is 146 Å².